The average molecular weight is 391 g/mol. The van der Waals surface area contributed by atoms with Crippen molar-refractivity contribution in [1.29, 1.82) is 0 Å². The van der Waals surface area contributed by atoms with Crippen LogP contribution in [0.3, 0.4) is 0 Å². The molecule has 0 bridgehead atoms. The van der Waals surface area contributed by atoms with E-state index in [2.05, 4.69) is 41.1 Å². The van der Waals surface area contributed by atoms with Crippen molar-refractivity contribution in [3.63, 3.8) is 0 Å². The Labute approximate surface area is 159 Å². The summed E-state index contributed by atoms with van der Waals surface area (Å²) in [6.07, 6.45) is 3.60. The van der Waals surface area contributed by atoms with Gasteiger partial charge in [0.25, 0.3) is 0 Å². The Morgan fingerprint density at radius 1 is 1.19 bits per heavy atom. The Balaban J connectivity index is 2.72. The molecule has 2 atom stereocenters. The highest BCUT2D eigenvalue weighted by atomic mass is 32.2. The Morgan fingerprint density at radius 2 is 1.85 bits per heavy atom. The van der Waals surface area contributed by atoms with Crippen LogP contribution >= 0.6 is 0 Å². The summed E-state index contributed by atoms with van der Waals surface area (Å²) >= 11 is 0. The van der Waals surface area contributed by atoms with Crippen molar-refractivity contribution in [2.75, 3.05) is 32.5 Å². The minimum absolute atomic E-state index is 0.101. The topological polar surface area (TPSA) is 91.8 Å². The molecule has 0 aromatic carbocycles. The highest BCUT2D eigenvalue weighted by molar-refractivity contribution is 7.88. The minimum Gasteiger partial charge on any atom is -0.377 e. The molecule has 0 aliphatic carbocycles. The molecule has 0 aromatic heterocycles. The van der Waals surface area contributed by atoms with E-state index in [9.17, 15) is 8.42 Å². The van der Waals surface area contributed by atoms with Crippen LogP contribution in [0.25, 0.3) is 0 Å². The summed E-state index contributed by atoms with van der Waals surface area (Å²) in [5, 5.41) is 6.64. The molecule has 154 valence electrons. The lowest BCUT2D eigenvalue weighted by Gasteiger charge is -2.40. The van der Waals surface area contributed by atoms with Gasteiger partial charge in [-0.1, -0.05) is 20.8 Å². The summed E-state index contributed by atoms with van der Waals surface area (Å²) in [4.78, 5) is 4.57. The first kappa shape index (κ1) is 23.2. The van der Waals surface area contributed by atoms with Crippen LogP contribution in [0.2, 0.25) is 0 Å². The average Bonchev–Trinajstić information content (AvgIpc) is 2.47. The lowest BCUT2D eigenvalue weighted by molar-refractivity contribution is -0.0835. The van der Waals surface area contributed by atoms with Gasteiger partial charge in [-0.05, 0) is 39.0 Å². The SMILES string of the molecule is CCNC(=NCC(C)(C)NS(C)(=O)=O)NCC1CCCOC1C(C)(C)C. The zero-order valence-electron chi connectivity index (χ0n) is 17.5. The van der Waals surface area contributed by atoms with E-state index in [-0.39, 0.29) is 11.5 Å². The van der Waals surface area contributed by atoms with Crippen LogP contribution in [-0.4, -0.2) is 58.5 Å². The Hall–Kier alpha value is -0.860. The number of aliphatic imine (C=N–C) groups is 1. The monoisotopic (exact) mass is 390 g/mol. The van der Waals surface area contributed by atoms with E-state index in [1.54, 1.807) is 0 Å². The molecule has 3 N–H and O–H groups in total. The molecule has 1 aliphatic rings. The molecule has 8 heteroatoms. The number of nitrogens with one attached hydrogen (secondary N) is 3. The minimum atomic E-state index is -3.27. The van der Waals surface area contributed by atoms with Gasteiger partial charge in [0.15, 0.2) is 5.96 Å². The first-order valence-electron chi connectivity index (χ1n) is 9.47. The quantitative estimate of drug-likeness (QED) is 0.455. The van der Waals surface area contributed by atoms with Gasteiger partial charge in [0.2, 0.25) is 10.0 Å². The maximum absolute atomic E-state index is 11.5. The van der Waals surface area contributed by atoms with E-state index >= 15 is 0 Å². The van der Waals surface area contributed by atoms with E-state index in [0.717, 1.165) is 38.8 Å². The molecule has 0 amide bonds. The number of guanidine groups is 1. The molecule has 1 aliphatic heterocycles. The molecule has 1 saturated heterocycles. The van der Waals surface area contributed by atoms with Crippen molar-refractivity contribution < 1.29 is 13.2 Å². The normalized spacial score (nSPS) is 23.0. The molecular weight excluding hydrogens is 352 g/mol. The van der Waals surface area contributed by atoms with Crippen LogP contribution in [0.15, 0.2) is 4.99 Å². The summed E-state index contributed by atoms with van der Waals surface area (Å²) in [5.41, 5.74) is -0.540. The summed E-state index contributed by atoms with van der Waals surface area (Å²) < 4.78 is 31.6. The fraction of sp³-hybridized carbons (Fsp3) is 0.944. The maximum Gasteiger partial charge on any atom is 0.209 e. The molecule has 0 radical (unpaired) electrons. The lowest BCUT2D eigenvalue weighted by atomic mass is 9.78. The Kier molecular flexibility index (Phi) is 8.35. The third-order valence-corrected chi connectivity index (χ3v) is 5.19. The summed E-state index contributed by atoms with van der Waals surface area (Å²) in [7, 11) is -3.27. The molecule has 1 fully saturated rings. The molecule has 26 heavy (non-hydrogen) atoms. The first-order valence-corrected chi connectivity index (χ1v) is 11.4. The van der Waals surface area contributed by atoms with Gasteiger partial charge in [0.05, 0.1) is 18.9 Å². The van der Waals surface area contributed by atoms with Gasteiger partial charge in [0.1, 0.15) is 0 Å². The van der Waals surface area contributed by atoms with Crippen LogP contribution in [0.1, 0.15) is 54.4 Å². The smallest absolute Gasteiger partial charge is 0.209 e. The first-order chi connectivity index (χ1) is 11.8. The summed E-state index contributed by atoms with van der Waals surface area (Å²) in [6.45, 7) is 15.0. The highest BCUT2D eigenvalue weighted by Crippen LogP contribution is 2.33. The van der Waals surface area contributed by atoms with Crippen molar-refractivity contribution >= 4 is 16.0 Å². The van der Waals surface area contributed by atoms with Crippen molar-refractivity contribution in [1.82, 2.24) is 15.4 Å². The number of ether oxygens (including phenoxy) is 1. The number of nitrogens with zero attached hydrogens (tertiary/aromatic N) is 1. The fourth-order valence-corrected chi connectivity index (χ4v) is 4.46. The van der Waals surface area contributed by atoms with Crippen molar-refractivity contribution in [3.8, 4) is 0 Å². The van der Waals surface area contributed by atoms with Gasteiger partial charge >= 0.3 is 0 Å². The van der Waals surface area contributed by atoms with E-state index in [1.807, 2.05) is 20.8 Å². The van der Waals surface area contributed by atoms with Crippen molar-refractivity contribution in [2.45, 2.75) is 66.0 Å². The highest BCUT2D eigenvalue weighted by Gasteiger charge is 2.35. The predicted molar refractivity (Wildman–Crippen MR) is 108 cm³/mol. The number of rotatable bonds is 7. The second-order valence-electron chi connectivity index (χ2n) is 8.89. The van der Waals surface area contributed by atoms with Crippen molar-refractivity contribution in [3.05, 3.63) is 0 Å². The van der Waals surface area contributed by atoms with Crippen LogP contribution in [0.5, 0.6) is 0 Å². The predicted octanol–water partition coefficient (Wildman–Crippen LogP) is 1.71. The second kappa shape index (κ2) is 9.37. The molecule has 0 spiro atoms. The van der Waals surface area contributed by atoms with Crippen molar-refractivity contribution in [2.24, 2.45) is 16.3 Å². The van der Waals surface area contributed by atoms with E-state index in [1.165, 1.54) is 0 Å². The standard InChI is InChI=1S/C18H38N4O3S/c1-8-19-16(21-13-18(5,6)22-26(7,23)24)20-12-14-10-9-11-25-15(14)17(2,3)4/h14-15,22H,8-13H2,1-7H3,(H2,19,20,21). The molecular formula is C18H38N4O3S. The van der Waals surface area contributed by atoms with Crippen LogP contribution < -0.4 is 15.4 Å². The fourth-order valence-electron chi connectivity index (χ4n) is 3.39. The lowest BCUT2D eigenvalue weighted by Crippen LogP contribution is -2.49. The van der Waals surface area contributed by atoms with Crippen LogP contribution in [0.4, 0.5) is 0 Å². The van der Waals surface area contributed by atoms with E-state index in [0.29, 0.717) is 18.4 Å². The number of sulfonamides is 1. The maximum atomic E-state index is 11.5. The largest absolute Gasteiger partial charge is 0.377 e. The van der Waals surface area contributed by atoms with E-state index < -0.39 is 15.6 Å². The van der Waals surface area contributed by atoms with Crippen LogP contribution in [-0.2, 0) is 14.8 Å². The molecule has 0 saturated carbocycles. The molecule has 1 rings (SSSR count). The van der Waals surface area contributed by atoms with Gasteiger partial charge < -0.3 is 15.4 Å². The van der Waals surface area contributed by atoms with Gasteiger partial charge in [-0.15, -0.1) is 0 Å². The van der Waals surface area contributed by atoms with Crippen LogP contribution in [0, 0.1) is 11.3 Å². The van der Waals surface area contributed by atoms with Gasteiger partial charge in [0, 0.05) is 31.2 Å². The summed E-state index contributed by atoms with van der Waals surface area (Å²) in [5.74, 6) is 1.13. The molecule has 7 nitrogen and oxygen atoms in total. The number of hydrogen-bond acceptors (Lipinski definition) is 4. The Morgan fingerprint density at radius 3 is 2.38 bits per heavy atom. The van der Waals surface area contributed by atoms with Gasteiger partial charge in [-0.25, -0.2) is 13.1 Å². The Bertz CT molecular complexity index is 567. The van der Waals surface area contributed by atoms with Gasteiger partial charge in [-0.2, -0.15) is 0 Å². The third kappa shape index (κ3) is 8.68. The third-order valence-electron chi connectivity index (χ3n) is 4.27. The molecule has 1 heterocycles. The zero-order valence-corrected chi connectivity index (χ0v) is 18.3. The molecule has 2 unspecified atom stereocenters. The summed E-state index contributed by atoms with van der Waals surface area (Å²) in [6, 6.07) is 0. The molecule has 0 aromatic rings. The second-order valence-corrected chi connectivity index (χ2v) is 10.6. The van der Waals surface area contributed by atoms with E-state index in [4.69, 9.17) is 4.74 Å². The van der Waals surface area contributed by atoms with Gasteiger partial charge in [-0.3, -0.25) is 4.99 Å². The number of hydrogen-bond donors (Lipinski definition) is 3. The zero-order chi connectivity index (χ0) is 20.0.